The van der Waals surface area contributed by atoms with Crippen LogP contribution >= 0.6 is 0 Å². The number of amidine groups is 1. The van der Waals surface area contributed by atoms with Crippen LogP contribution in [-0.4, -0.2) is 23.1 Å². The fourth-order valence-corrected chi connectivity index (χ4v) is 2.03. The number of benzene rings is 1. The number of carbonyl (C=O) groups excluding carboxylic acids is 1. The van der Waals surface area contributed by atoms with Gasteiger partial charge in [0.15, 0.2) is 5.84 Å². The van der Waals surface area contributed by atoms with Gasteiger partial charge in [0.25, 0.3) is 0 Å². The number of hydrogen-bond donors (Lipinski definition) is 2. The highest BCUT2D eigenvalue weighted by Gasteiger charge is 2.08. The van der Waals surface area contributed by atoms with Crippen molar-refractivity contribution in [3.05, 3.63) is 34.9 Å². The Morgan fingerprint density at radius 2 is 2.19 bits per heavy atom. The Bertz CT molecular complexity index is 512. The quantitative estimate of drug-likeness (QED) is 0.266. The van der Waals surface area contributed by atoms with Crippen molar-refractivity contribution in [1.29, 1.82) is 0 Å². The van der Waals surface area contributed by atoms with Crippen molar-refractivity contribution >= 4 is 11.8 Å². The molecule has 0 saturated carbocycles. The molecule has 0 aliphatic heterocycles. The predicted octanol–water partition coefficient (Wildman–Crippen LogP) is 2.75. The van der Waals surface area contributed by atoms with Crippen LogP contribution in [-0.2, 0) is 16.0 Å². The lowest BCUT2D eigenvalue weighted by Gasteiger charge is -2.11. The first-order valence-electron chi connectivity index (χ1n) is 7.24. The summed E-state index contributed by atoms with van der Waals surface area (Å²) in [6.45, 7) is 5.80. The maximum atomic E-state index is 11.6. The highest BCUT2D eigenvalue weighted by molar-refractivity contribution is 5.98. The summed E-state index contributed by atoms with van der Waals surface area (Å²) in [5.41, 5.74) is 8.38. The lowest BCUT2D eigenvalue weighted by Crippen LogP contribution is -2.15. The van der Waals surface area contributed by atoms with E-state index in [-0.39, 0.29) is 17.9 Å². The van der Waals surface area contributed by atoms with Crippen LogP contribution in [0.25, 0.3) is 0 Å². The third kappa shape index (κ3) is 5.45. The summed E-state index contributed by atoms with van der Waals surface area (Å²) in [4.78, 5) is 11.6. The first-order chi connectivity index (χ1) is 9.97. The van der Waals surface area contributed by atoms with E-state index in [2.05, 4.69) is 5.16 Å². The van der Waals surface area contributed by atoms with Gasteiger partial charge in [-0.15, -0.1) is 0 Å². The summed E-state index contributed by atoms with van der Waals surface area (Å²) in [6, 6.07) is 5.75. The molecule has 1 aromatic carbocycles. The zero-order valence-corrected chi connectivity index (χ0v) is 12.9. The largest absolute Gasteiger partial charge is 0.463 e. The molecule has 0 heterocycles. The molecule has 5 nitrogen and oxygen atoms in total. The van der Waals surface area contributed by atoms with Crippen LogP contribution in [0.15, 0.2) is 23.4 Å². The van der Waals surface area contributed by atoms with Crippen LogP contribution in [0, 0.1) is 6.92 Å². The Balaban J connectivity index is 2.50. The number of hydrogen-bond acceptors (Lipinski definition) is 4. The Hall–Kier alpha value is -2.04. The molecule has 0 aromatic heterocycles. The van der Waals surface area contributed by atoms with Crippen LogP contribution in [0.4, 0.5) is 0 Å². The van der Waals surface area contributed by atoms with Crippen molar-refractivity contribution < 1.29 is 14.7 Å². The van der Waals surface area contributed by atoms with E-state index in [9.17, 15) is 4.79 Å². The molecule has 116 valence electrons. The molecule has 0 spiro atoms. The lowest BCUT2D eigenvalue weighted by molar-refractivity contribution is -0.148. The molecule has 0 bridgehead atoms. The average molecular weight is 292 g/mol. The summed E-state index contributed by atoms with van der Waals surface area (Å²) in [5, 5.41) is 11.7. The van der Waals surface area contributed by atoms with Crippen LogP contribution in [0.2, 0.25) is 0 Å². The van der Waals surface area contributed by atoms with Gasteiger partial charge < -0.3 is 15.7 Å². The molecular formula is C16H24N2O3. The number of aryl methyl sites for hydroxylation is 2. The van der Waals surface area contributed by atoms with Gasteiger partial charge in [-0.1, -0.05) is 30.3 Å². The lowest BCUT2D eigenvalue weighted by atomic mass is 10.0. The van der Waals surface area contributed by atoms with Gasteiger partial charge in [-0.05, 0) is 44.2 Å². The molecular weight excluding hydrogens is 268 g/mol. The summed E-state index contributed by atoms with van der Waals surface area (Å²) in [6.07, 6.45) is 2.79. The van der Waals surface area contributed by atoms with E-state index in [0.29, 0.717) is 6.42 Å². The first kappa shape index (κ1) is 17.0. The monoisotopic (exact) mass is 292 g/mol. The number of esters is 1. The van der Waals surface area contributed by atoms with Gasteiger partial charge in [0.1, 0.15) is 0 Å². The van der Waals surface area contributed by atoms with Crippen LogP contribution in [0.5, 0.6) is 0 Å². The summed E-state index contributed by atoms with van der Waals surface area (Å²) >= 11 is 0. The zero-order chi connectivity index (χ0) is 15.8. The Labute approximate surface area is 125 Å². The van der Waals surface area contributed by atoms with Crippen molar-refractivity contribution in [3.63, 3.8) is 0 Å². The van der Waals surface area contributed by atoms with E-state index in [1.807, 2.05) is 39.0 Å². The van der Waals surface area contributed by atoms with Crippen LogP contribution in [0.3, 0.4) is 0 Å². The Morgan fingerprint density at radius 1 is 1.48 bits per heavy atom. The summed E-state index contributed by atoms with van der Waals surface area (Å²) in [5.74, 6) is -0.0365. The molecule has 0 amide bonds. The third-order valence-corrected chi connectivity index (χ3v) is 3.43. The number of carbonyl (C=O) groups is 1. The number of nitrogens with zero attached hydrogens (tertiary/aromatic N) is 1. The minimum absolute atomic E-state index is 0.0141. The number of nitrogens with two attached hydrogens (primary N) is 1. The zero-order valence-electron chi connectivity index (χ0n) is 12.9. The maximum Gasteiger partial charge on any atom is 0.306 e. The molecule has 1 aromatic rings. The van der Waals surface area contributed by atoms with E-state index < -0.39 is 0 Å². The highest BCUT2D eigenvalue weighted by atomic mass is 16.5. The molecule has 1 rings (SSSR count). The van der Waals surface area contributed by atoms with Gasteiger partial charge >= 0.3 is 5.97 Å². The molecule has 1 unspecified atom stereocenters. The number of rotatable bonds is 7. The van der Waals surface area contributed by atoms with Gasteiger partial charge in [0.05, 0.1) is 6.10 Å². The van der Waals surface area contributed by atoms with Gasteiger partial charge in [-0.25, -0.2) is 0 Å². The molecule has 3 N–H and O–H groups in total. The molecule has 1 atom stereocenters. The fourth-order valence-electron chi connectivity index (χ4n) is 2.03. The summed E-state index contributed by atoms with van der Waals surface area (Å²) in [7, 11) is 0. The molecule has 0 fully saturated rings. The second-order valence-electron chi connectivity index (χ2n) is 5.20. The van der Waals surface area contributed by atoms with Crippen molar-refractivity contribution in [2.45, 2.75) is 52.6 Å². The van der Waals surface area contributed by atoms with Crippen molar-refractivity contribution in [1.82, 2.24) is 0 Å². The molecule has 21 heavy (non-hydrogen) atoms. The van der Waals surface area contributed by atoms with Gasteiger partial charge in [-0.2, -0.15) is 0 Å². The van der Waals surface area contributed by atoms with E-state index in [1.165, 1.54) is 0 Å². The van der Waals surface area contributed by atoms with Crippen LogP contribution in [0.1, 0.15) is 49.8 Å². The van der Waals surface area contributed by atoms with E-state index in [4.69, 9.17) is 15.7 Å². The van der Waals surface area contributed by atoms with Crippen molar-refractivity contribution in [2.75, 3.05) is 0 Å². The second-order valence-corrected chi connectivity index (χ2v) is 5.20. The second kappa shape index (κ2) is 8.29. The molecule has 0 aliphatic rings. The highest BCUT2D eigenvalue weighted by Crippen LogP contribution is 2.13. The minimum atomic E-state index is -0.144. The molecule has 0 aliphatic carbocycles. The fraction of sp³-hybridized carbons (Fsp3) is 0.500. The molecule has 0 saturated heterocycles. The average Bonchev–Trinajstić information content (AvgIpc) is 2.46. The predicted molar refractivity (Wildman–Crippen MR) is 82.5 cm³/mol. The number of ether oxygens (including phenoxy) is 1. The van der Waals surface area contributed by atoms with E-state index in [1.54, 1.807) is 0 Å². The maximum absolute atomic E-state index is 11.6. The van der Waals surface area contributed by atoms with E-state index in [0.717, 1.165) is 36.0 Å². The van der Waals surface area contributed by atoms with Gasteiger partial charge in [0, 0.05) is 12.0 Å². The molecule has 5 heteroatoms. The van der Waals surface area contributed by atoms with E-state index >= 15 is 0 Å². The third-order valence-electron chi connectivity index (χ3n) is 3.43. The smallest absolute Gasteiger partial charge is 0.306 e. The first-order valence-corrected chi connectivity index (χ1v) is 7.24. The Morgan fingerprint density at radius 3 is 2.76 bits per heavy atom. The topological polar surface area (TPSA) is 84.9 Å². The van der Waals surface area contributed by atoms with Gasteiger partial charge in [0.2, 0.25) is 0 Å². The normalized spacial score (nSPS) is 13.0. The SMILES string of the molecule is CCC(C)OC(=O)CCCc1ccc(C(N)=NO)c(C)c1. The minimum Gasteiger partial charge on any atom is -0.463 e. The van der Waals surface area contributed by atoms with Crippen molar-refractivity contribution in [2.24, 2.45) is 10.9 Å². The van der Waals surface area contributed by atoms with Crippen molar-refractivity contribution in [3.8, 4) is 0 Å². The van der Waals surface area contributed by atoms with Gasteiger partial charge in [-0.3, -0.25) is 4.79 Å². The molecule has 0 radical (unpaired) electrons. The number of oxime groups is 1. The standard InChI is InChI=1S/C16H24N2O3/c1-4-12(3)21-15(19)7-5-6-13-8-9-14(11(2)10-13)16(17)18-20/h8-10,12,20H,4-7H2,1-3H3,(H2,17,18). The van der Waals surface area contributed by atoms with Crippen LogP contribution < -0.4 is 5.73 Å². The Kier molecular flexibility index (Phi) is 6.72. The summed E-state index contributed by atoms with van der Waals surface area (Å²) < 4.78 is 5.23.